The lowest BCUT2D eigenvalue weighted by atomic mass is 9.46. The maximum Gasteiger partial charge on any atom is 0.407 e. The van der Waals surface area contributed by atoms with Crippen LogP contribution in [0, 0.1) is 28.6 Å². The van der Waals surface area contributed by atoms with Crippen LogP contribution in [0.3, 0.4) is 0 Å². The predicted molar refractivity (Wildman–Crippen MR) is 103 cm³/mol. The van der Waals surface area contributed by atoms with Gasteiger partial charge in [0, 0.05) is 19.1 Å². The number of carbonyl (C=O) groups is 2. The van der Waals surface area contributed by atoms with E-state index in [1.807, 2.05) is 41.5 Å². The van der Waals surface area contributed by atoms with E-state index in [4.69, 9.17) is 9.47 Å². The highest BCUT2D eigenvalue weighted by Crippen LogP contribution is 2.64. The predicted octanol–water partition coefficient (Wildman–Crippen LogP) is 3.86. The van der Waals surface area contributed by atoms with Gasteiger partial charge in [-0.15, -0.1) is 0 Å². The molecule has 1 fully saturated rings. The van der Waals surface area contributed by atoms with E-state index in [0.29, 0.717) is 19.1 Å². The monoisotopic (exact) mass is 381 g/mol. The molecule has 0 spiro atoms. The molecule has 0 aromatic rings. The molecule has 27 heavy (non-hydrogen) atoms. The Hall–Kier alpha value is -1.56. The number of alkyl carbamates (subject to hydrolysis) is 1. The molecule has 1 amide bonds. The standard InChI is InChI=1S/C21H35NO5/c1-19(2,3)16(17(23)24)21(12-22-18(25)27-20(4,5)6)10-14-8-13(11-26-7)9-15(14)21/h9,14-16H,8,10-12H2,1-7H3,(H,22,25)(H,23,24)/t14-,15-,16?,21-/m0/s1. The second-order valence-corrected chi connectivity index (χ2v) is 10.2. The quantitative estimate of drug-likeness (QED) is 0.683. The van der Waals surface area contributed by atoms with E-state index in [9.17, 15) is 14.7 Å². The summed E-state index contributed by atoms with van der Waals surface area (Å²) in [7, 11) is 1.67. The first-order valence-electron chi connectivity index (χ1n) is 9.68. The molecule has 6 heteroatoms. The Morgan fingerprint density at radius 2 is 1.93 bits per heavy atom. The summed E-state index contributed by atoms with van der Waals surface area (Å²) in [5, 5.41) is 12.9. The number of carboxylic acid groups (broad SMARTS) is 1. The molecule has 6 nitrogen and oxygen atoms in total. The van der Waals surface area contributed by atoms with Crippen molar-refractivity contribution in [1.29, 1.82) is 0 Å². The van der Waals surface area contributed by atoms with Crippen LogP contribution in [0.4, 0.5) is 4.79 Å². The van der Waals surface area contributed by atoms with Crippen molar-refractivity contribution in [2.45, 2.75) is 60.0 Å². The fourth-order valence-electron chi connectivity index (χ4n) is 5.14. The highest BCUT2D eigenvalue weighted by Gasteiger charge is 2.63. The third-order valence-electron chi connectivity index (χ3n) is 5.73. The van der Waals surface area contributed by atoms with Gasteiger partial charge >= 0.3 is 12.1 Å². The van der Waals surface area contributed by atoms with Crippen LogP contribution in [0.15, 0.2) is 11.6 Å². The number of aliphatic carboxylic acids is 1. The first kappa shape index (κ1) is 21.7. The minimum Gasteiger partial charge on any atom is -0.481 e. The molecule has 154 valence electrons. The van der Waals surface area contributed by atoms with Gasteiger partial charge in [0.2, 0.25) is 0 Å². The van der Waals surface area contributed by atoms with Crippen molar-refractivity contribution in [3.8, 4) is 0 Å². The van der Waals surface area contributed by atoms with E-state index < -0.39 is 34.4 Å². The minimum atomic E-state index is -0.805. The molecule has 2 aliphatic rings. The van der Waals surface area contributed by atoms with E-state index in [0.717, 1.165) is 12.8 Å². The Morgan fingerprint density at radius 3 is 2.41 bits per heavy atom. The first-order chi connectivity index (χ1) is 12.3. The third kappa shape index (κ3) is 4.65. The number of fused-ring (bicyclic) bond motifs is 1. The van der Waals surface area contributed by atoms with Crippen LogP contribution in [0.1, 0.15) is 54.4 Å². The topological polar surface area (TPSA) is 84.9 Å². The fourth-order valence-corrected chi connectivity index (χ4v) is 5.14. The van der Waals surface area contributed by atoms with E-state index in [1.54, 1.807) is 7.11 Å². The molecule has 0 aromatic carbocycles. The Kier molecular flexibility index (Phi) is 6.00. The Balaban J connectivity index is 2.28. The van der Waals surface area contributed by atoms with Gasteiger partial charge < -0.3 is 19.9 Å². The second kappa shape index (κ2) is 7.46. The molecular weight excluding hydrogens is 346 g/mol. The number of methoxy groups -OCH3 is 1. The zero-order chi connectivity index (χ0) is 20.6. The minimum absolute atomic E-state index is 0.137. The number of hydrogen-bond acceptors (Lipinski definition) is 4. The van der Waals surface area contributed by atoms with Gasteiger partial charge in [-0.1, -0.05) is 26.8 Å². The van der Waals surface area contributed by atoms with Gasteiger partial charge in [-0.3, -0.25) is 4.79 Å². The lowest BCUT2D eigenvalue weighted by Gasteiger charge is -2.58. The van der Waals surface area contributed by atoms with Crippen LogP contribution in [-0.4, -0.2) is 43.0 Å². The van der Waals surface area contributed by atoms with E-state index in [1.165, 1.54) is 5.57 Å². The molecule has 2 aliphatic carbocycles. The summed E-state index contributed by atoms with van der Waals surface area (Å²) >= 11 is 0. The Bertz CT molecular complexity index is 613. The van der Waals surface area contributed by atoms with Gasteiger partial charge in [-0.2, -0.15) is 0 Å². The number of carboxylic acids is 1. The summed E-state index contributed by atoms with van der Waals surface area (Å²) in [6.45, 7) is 12.2. The van der Waals surface area contributed by atoms with Crippen LogP contribution < -0.4 is 5.32 Å². The molecule has 0 heterocycles. The normalized spacial score (nSPS) is 28.6. The second-order valence-electron chi connectivity index (χ2n) is 10.2. The SMILES string of the molecule is COCC1=C[C@H]2[C@@H](C1)C[C@@]2(CNC(=O)OC(C)(C)C)C(C(=O)O)C(C)(C)C. The summed E-state index contributed by atoms with van der Waals surface area (Å²) in [5.41, 5.74) is -0.301. The van der Waals surface area contributed by atoms with Crippen molar-refractivity contribution < 1.29 is 24.2 Å². The third-order valence-corrected chi connectivity index (χ3v) is 5.73. The van der Waals surface area contributed by atoms with Crippen molar-refractivity contribution in [2.24, 2.45) is 28.6 Å². The number of allylic oxidation sites excluding steroid dienone is 1. The number of rotatable bonds is 6. The van der Waals surface area contributed by atoms with Crippen molar-refractivity contribution in [3.05, 3.63) is 11.6 Å². The molecule has 0 aromatic heterocycles. The number of hydrogen-bond donors (Lipinski definition) is 2. The smallest absolute Gasteiger partial charge is 0.407 e. The van der Waals surface area contributed by atoms with E-state index in [-0.39, 0.29) is 5.92 Å². The van der Waals surface area contributed by atoms with Gasteiger partial charge in [-0.05, 0) is 56.4 Å². The number of nitrogens with one attached hydrogen (secondary N) is 1. The number of ether oxygens (including phenoxy) is 2. The largest absolute Gasteiger partial charge is 0.481 e. The summed E-state index contributed by atoms with van der Waals surface area (Å²) in [5.74, 6) is -0.808. The van der Waals surface area contributed by atoms with Crippen LogP contribution in [0.2, 0.25) is 0 Å². The maximum absolute atomic E-state index is 12.3. The molecule has 0 saturated heterocycles. The summed E-state index contributed by atoms with van der Waals surface area (Å²) in [6.07, 6.45) is 3.42. The zero-order valence-electron chi connectivity index (χ0n) is 17.7. The molecule has 2 N–H and O–H groups in total. The molecule has 0 radical (unpaired) electrons. The number of carbonyl (C=O) groups excluding carboxylic acids is 1. The molecule has 2 rings (SSSR count). The average Bonchev–Trinajstić information content (AvgIpc) is 2.78. The lowest BCUT2D eigenvalue weighted by Crippen LogP contribution is -2.61. The van der Waals surface area contributed by atoms with E-state index >= 15 is 0 Å². The maximum atomic E-state index is 12.3. The molecule has 0 aliphatic heterocycles. The summed E-state index contributed by atoms with van der Waals surface area (Å²) in [4.78, 5) is 24.5. The van der Waals surface area contributed by atoms with Gasteiger partial charge in [0.25, 0.3) is 0 Å². The van der Waals surface area contributed by atoms with Crippen molar-refractivity contribution in [2.75, 3.05) is 20.3 Å². The summed E-state index contributed by atoms with van der Waals surface area (Å²) in [6, 6.07) is 0. The average molecular weight is 382 g/mol. The first-order valence-corrected chi connectivity index (χ1v) is 9.68. The molecule has 1 saturated carbocycles. The Morgan fingerprint density at radius 1 is 1.30 bits per heavy atom. The zero-order valence-corrected chi connectivity index (χ0v) is 17.7. The van der Waals surface area contributed by atoms with Crippen LogP contribution in [-0.2, 0) is 14.3 Å². The van der Waals surface area contributed by atoms with Crippen LogP contribution in [0.25, 0.3) is 0 Å². The van der Waals surface area contributed by atoms with Gasteiger partial charge in [0.1, 0.15) is 5.60 Å². The molecule has 4 atom stereocenters. The molecular formula is C21H35NO5. The molecule has 0 bridgehead atoms. The number of amides is 1. The van der Waals surface area contributed by atoms with Crippen molar-refractivity contribution >= 4 is 12.1 Å². The van der Waals surface area contributed by atoms with Gasteiger partial charge in [-0.25, -0.2) is 4.79 Å². The van der Waals surface area contributed by atoms with Crippen LogP contribution in [0.5, 0.6) is 0 Å². The highest BCUT2D eigenvalue weighted by atomic mass is 16.6. The van der Waals surface area contributed by atoms with Crippen LogP contribution >= 0.6 is 0 Å². The van der Waals surface area contributed by atoms with E-state index in [2.05, 4.69) is 11.4 Å². The highest BCUT2D eigenvalue weighted by molar-refractivity contribution is 5.73. The summed E-state index contributed by atoms with van der Waals surface area (Å²) < 4.78 is 10.6. The Labute approximate surface area is 162 Å². The van der Waals surface area contributed by atoms with Crippen molar-refractivity contribution in [1.82, 2.24) is 5.32 Å². The fraction of sp³-hybridized carbons (Fsp3) is 0.810. The van der Waals surface area contributed by atoms with Crippen molar-refractivity contribution in [3.63, 3.8) is 0 Å². The molecule has 1 unspecified atom stereocenters. The van der Waals surface area contributed by atoms with Gasteiger partial charge in [0.15, 0.2) is 0 Å². The van der Waals surface area contributed by atoms with Gasteiger partial charge in [0.05, 0.1) is 12.5 Å². The lowest BCUT2D eigenvalue weighted by molar-refractivity contribution is -0.167.